The Morgan fingerprint density at radius 2 is 1.28 bits per heavy atom. The monoisotopic (exact) mass is 432 g/mol. The van der Waals surface area contributed by atoms with Gasteiger partial charge < -0.3 is 9.47 Å². The molecule has 3 rings (SSSR count). The molecule has 0 unspecified atom stereocenters. The highest BCUT2D eigenvalue weighted by atomic mass is 19.1. The maximum Gasteiger partial charge on any atom is 0.338 e. The van der Waals surface area contributed by atoms with Gasteiger partial charge in [0.15, 0.2) is 0 Å². The number of carbonyl (C=O) groups excluding carboxylic acids is 2. The summed E-state index contributed by atoms with van der Waals surface area (Å²) < 4.78 is 25.4. The summed E-state index contributed by atoms with van der Waals surface area (Å²) in [7, 11) is 0. The van der Waals surface area contributed by atoms with E-state index in [4.69, 9.17) is 9.47 Å². The summed E-state index contributed by atoms with van der Waals surface area (Å²) in [6.07, 6.45) is 0. The summed E-state index contributed by atoms with van der Waals surface area (Å²) in [4.78, 5) is 23.6. The molecule has 0 aromatic heterocycles. The Labute approximate surface area is 187 Å². The van der Waals surface area contributed by atoms with Crippen LogP contribution in [0.3, 0.4) is 0 Å². The van der Waals surface area contributed by atoms with Gasteiger partial charge in [-0.1, -0.05) is 43.0 Å². The van der Waals surface area contributed by atoms with Crippen molar-refractivity contribution in [1.82, 2.24) is 0 Å². The van der Waals surface area contributed by atoms with Crippen LogP contribution in [0.5, 0.6) is 11.5 Å². The molecule has 0 saturated heterocycles. The van der Waals surface area contributed by atoms with Gasteiger partial charge in [0.1, 0.15) is 17.3 Å². The molecule has 4 nitrogen and oxygen atoms in total. The van der Waals surface area contributed by atoms with E-state index in [2.05, 4.69) is 6.58 Å². The standard InChI is InChI=1S/C27H25FO4/c1-17(2)25(29)31-21-11-6-18(7-12-21)20-10-15-23(24(28)16-20)19-8-13-22(14-9-19)32-26(30)27(3,4)5/h6-16H,1H2,2-5H3. The van der Waals surface area contributed by atoms with Gasteiger partial charge in [-0.3, -0.25) is 4.79 Å². The minimum Gasteiger partial charge on any atom is -0.426 e. The predicted molar refractivity (Wildman–Crippen MR) is 123 cm³/mol. The van der Waals surface area contributed by atoms with Crippen molar-refractivity contribution in [2.75, 3.05) is 0 Å². The molecule has 32 heavy (non-hydrogen) atoms. The fourth-order valence-electron chi connectivity index (χ4n) is 2.80. The second-order valence-electron chi connectivity index (χ2n) is 8.55. The summed E-state index contributed by atoms with van der Waals surface area (Å²) in [6, 6.07) is 18.5. The van der Waals surface area contributed by atoms with E-state index in [0.29, 0.717) is 33.8 Å². The van der Waals surface area contributed by atoms with Crippen LogP contribution in [-0.2, 0) is 9.59 Å². The number of rotatable bonds is 5. The average Bonchev–Trinajstić information content (AvgIpc) is 2.74. The fraction of sp³-hybridized carbons (Fsp3) is 0.185. The minimum atomic E-state index is -0.606. The van der Waals surface area contributed by atoms with Crippen LogP contribution in [0.2, 0.25) is 0 Å². The van der Waals surface area contributed by atoms with Gasteiger partial charge in [-0.05, 0) is 74.7 Å². The zero-order valence-electron chi connectivity index (χ0n) is 18.6. The van der Waals surface area contributed by atoms with Crippen LogP contribution in [0, 0.1) is 11.2 Å². The van der Waals surface area contributed by atoms with Crippen molar-refractivity contribution >= 4 is 11.9 Å². The van der Waals surface area contributed by atoms with Crippen molar-refractivity contribution in [2.45, 2.75) is 27.7 Å². The lowest BCUT2D eigenvalue weighted by Crippen LogP contribution is -2.25. The first kappa shape index (κ1) is 22.9. The maximum atomic E-state index is 14.9. The summed E-state index contributed by atoms with van der Waals surface area (Å²) in [6.45, 7) is 10.5. The van der Waals surface area contributed by atoms with Gasteiger partial charge in [-0.15, -0.1) is 0 Å². The van der Waals surface area contributed by atoms with Gasteiger partial charge in [0, 0.05) is 11.1 Å². The molecular formula is C27H25FO4. The van der Waals surface area contributed by atoms with Crippen molar-refractivity contribution in [1.29, 1.82) is 0 Å². The third-order valence-electron chi connectivity index (χ3n) is 4.70. The quantitative estimate of drug-likeness (QED) is 0.259. The number of hydrogen-bond donors (Lipinski definition) is 0. The number of carbonyl (C=O) groups is 2. The van der Waals surface area contributed by atoms with Gasteiger partial charge in [-0.25, -0.2) is 9.18 Å². The van der Waals surface area contributed by atoms with E-state index in [1.54, 1.807) is 82.3 Å². The number of ether oxygens (including phenoxy) is 2. The minimum absolute atomic E-state index is 0.312. The first-order valence-electron chi connectivity index (χ1n) is 10.1. The number of hydrogen-bond acceptors (Lipinski definition) is 4. The van der Waals surface area contributed by atoms with E-state index in [1.807, 2.05) is 6.07 Å². The highest BCUT2D eigenvalue weighted by molar-refractivity contribution is 5.88. The summed E-state index contributed by atoms with van der Waals surface area (Å²) in [5, 5.41) is 0. The molecule has 0 amide bonds. The highest BCUT2D eigenvalue weighted by Crippen LogP contribution is 2.30. The molecule has 0 atom stereocenters. The van der Waals surface area contributed by atoms with E-state index in [9.17, 15) is 14.0 Å². The Kier molecular flexibility index (Phi) is 6.58. The van der Waals surface area contributed by atoms with Gasteiger partial charge in [0.2, 0.25) is 0 Å². The number of halogens is 1. The molecule has 0 fully saturated rings. The van der Waals surface area contributed by atoms with Crippen molar-refractivity contribution in [3.63, 3.8) is 0 Å². The first-order chi connectivity index (χ1) is 15.0. The van der Waals surface area contributed by atoms with E-state index < -0.39 is 11.4 Å². The van der Waals surface area contributed by atoms with Gasteiger partial charge in [0.05, 0.1) is 5.41 Å². The third-order valence-corrected chi connectivity index (χ3v) is 4.70. The summed E-state index contributed by atoms with van der Waals surface area (Å²) in [5.41, 5.74) is 2.30. The topological polar surface area (TPSA) is 52.6 Å². The normalized spacial score (nSPS) is 11.0. The Morgan fingerprint density at radius 1 is 0.781 bits per heavy atom. The van der Waals surface area contributed by atoms with Crippen LogP contribution < -0.4 is 9.47 Å². The lowest BCUT2D eigenvalue weighted by molar-refractivity contribution is -0.143. The molecular weight excluding hydrogens is 407 g/mol. The molecule has 0 saturated carbocycles. The van der Waals surface area contributed by atoms with E-state index >= 15 is 0 Å². The zero-order chi connectivity index (χ0) is 23.5. The van der Waals surface area contributed by atoms with Crippen molar-refractivity contribution in [3.8, 4) is 33.8 Å². The lowest BCUT2D eigenvalue weighted by Gasteiger charge is -2.16. The van der Waals surface area contributed by atoms with E-state index in [0.717, 1.165) is 5.56 Å². The molecule has 0 aliphatic carbocycles. The van der Waals surface area contributed by atoms with Crippen LogP contribution >= 0.6 is 0 Å². The smallest absolute Gasteiger partial charge is 0.338 e. The molecule has 0 aliphatic rings. The van der Waals surface area contributed by atoms with Crippen LogP contribution in [-0.4, -0.2) is 11.9 Å². The van der Waals surface area contributed by atoms with Gasteiger partial charge in [0.25, 0.3) is 0 Å². The largest absolute Gasteiger partial charge is 0.426 e. The molecule has 3 aromatic rings. The lowest BCUT2D eigenvalue weighted by atomic mass is 9.97. The van der Waals surface area contributed by atoms with Gasteiger partial charge >= 0.3 is 11.9 Å². The van der Waals surface area contributed by atoms with E-state index in [-0.39, 0.29) is 11.8 Å². The summed E-state index contributed by atoms with van der Waals surface area (Å²) in [5.74, 6) is -0.391. The third kappa shape index (κ3) is 5.49. The van der Waals surface area contributed by atoms with Crippen LogP contribution in [0.4, 0.5) is 4.39 Å². The number of esters is 2. The highest BCUT2D eigenvalue weighted by Gasteiger charge is 2.23. The molecule has 0 heterocycles. The molecule has 5 heteroatoms. The molecule has 0 N–H and O–H groups in total. The predicted octanol–water partition coefficient (Wildman–Crippen LogP) is 6.59. The molecule has 0 spiro atoms. The Bertz CT molecular complexity index is 1150. The van der Waals surface area contributed by atoms with Gasteiger partial charge in [-0.2, -0.15) is 0 Å². The fourth-order valence-corrected chi connectivity index (χ4v) is 2.80. The van der Waals surface area contributed by atoms with Crippen LogP contribution in [0.25, 0.3) is 22.3 Å². The Hall–Kier alpha value is -3.73. The SMILES string of the molecule is C=C(C)C(=O)Oc1ccc(-c2ccc(-c3ccc(OC(=O)C(C)(C)C)cc3)c(F)c2)cc1. The maximum absolute atomic E-state index is 14.9. The van der Waals surface area contributed by atoms with Crippen molar-refractivity contribution < 1.29 is 23.5 Å². The molecule has 3 aromatic carbocycles. The second kappa shape index (κ2) is 9.18. The number of benzene rings is 3. The second-order valence-corrected chi connectivity index (χ2v) is 8.55. The van der Waals surface area contributed by atoms with E-state index in [1.165, 1.54) is 6.07 Å². The molecule has 0 radical (unpaired) electrons. The van der Waals surface area contributed by atoms with Crippen LogP contribution in [0.15, 0.2) is 78.9 Å². The zero-order valence-corrected chi connectivity index (χ0v) is 18.6. The molecule has 0 bridgehead atoms. The molecule has 0 aliphatic heterocycles. The van der Waals surface area contributed by atoms with Crippen molar-refractivity contribution in [2.24, 2.45) is 5.41 Å². The average molecular weight is 432 g/mol. The summed E-state index contributed by atoms with van der Waals surface area (Å²) >= 11 is 0. The van der Waals surface area contributed by atoms with Crippen LogP contribution in [0.1, 0.15) is 27.7 Å². The van der Waals surface area contributed by atoms with Crippen molar-refractivity contribution in [3.05, 3.63) is 84.7 Å². The first-order valence-corrected chi connectivity index (χ1v) is 10.1. The Morgan fingerprint density at radius 3 is 1.78 bits per heavy atom. The molecule has 164 valence electrons. The Balaban J connectivity index is 1.76.